The molecule has 19 heavy (non-hydrogen) atoms. The van der Waals surface area contributed by atoms with E-state index in [1.807, 2.05) is 30.3 Å². The van der Waals surface area contributed by atoms with E-state index in [1.54, 1.807) is 0 Å². The summed E-state index contributed by atoms with van der Waals surface area (Å²) in [6, 6.07) is 9.24. The molecular weight excluding hydrogens is 236 g/mol. The van der Waals surface area contributed by atoms with Crippen LogP contribution >= 0.6 is 0 Å². The van der Waals surface area contributed by atoms with E-state index in [4.69, 9.17) is 0 Å². The van der Waals surface area contributed by atoms with Crippen LogP contribution in [0.1, 0.15) is 58.9 Å². The van der Waals surface area contributed by atoms with Crippen molar-refractivity contribution in [3.05, 3.63) is 35.9 Å². The molecule has 0 aliphatic heterocycles. The Balaban J connectivity index is 3.31. The van der Waals surface area contributed by atoms with Gasteiger partial charge in [-0.25, -0.2) is 0 Å². The maximum atomic E-state index is 10.9. The van der Waals surface area contributed by atoms with Crippen molar-refractivity contribution in [2.75, 3.05) is 0 Å². The van der Waals surface area contributed by atoms with Gasteiger partial charge in [-0.3, -0.25) is 0 Å². The van der Waals surface area contributed by atoms with Gasteiger partial charge >= 0.3 is 0 Å². The van der Waals surface area contributed by atoms with Gasteiger partial charge in [0.1, 0.15) is 0 Å². The minimum Gasteiger partial charge on any atom is -0.361 e. The van der Waals surface area contributed by atoms with Crippen molar-refractivity contribution in [3.63, 3.8) is 0 Å². The molecule has 1 rings (SSSR count). The van der Waals surface area contributed by atoms with Crippen molar-refractivity contribution in [2.24, 2.45) is 11.3 Å². The normalized spacial score (nSPS) is 13.0. The fourth-order valence-corrected chi connectivity index (χ4v) is 3.63. The van der Waals surface area contributed by atoms with Gasteiger partial charge < -0.3 is 10.2 Å². The van der Waals surface area contributed by atoms with Gasteiger partial charge in [0.2, 0.25) is 0 Å². The average Bonchev–Trinajstić information content (AvgIpc) is 2.45. The first-order valence-electron chi connectivity index (χ1n) is 7.50. The number of hydrogen-bond acceptors (Lipinski definition) is 2. The molecule has 0 heterocycles. The van der Waals surface area contributed by atoms with Crippen LogP contribution in [-0.4, -0.2) is 10.2 Å². The summed E-state index contributed by atoms with van der Waals surface area (Å²) in [4.78, 5) is 0. The minimum atomic E-state index is -1.77. The second-order valence-corrected chi connectivity index (χ2v) is 5.41. The van der Waals surface area contributed by atoms with Gasteiger partial charge in [0.25, 0.3) is 0 Å². The lowest BCUT2D eigenvalue weighted by Crippen LogP contribution is -2.49. The monoisotopic (exact) mass is 264 g/mol. The number of aliphatic hydroxyl groups is 2. The maximum absolute atomic E-state index is 10.9. The van der Waals surface area contributed by atoms with Crippen molar-refractivity contribution in [3.8, 4) is 0 Å². The van der Waals surface area contributed by atoms with Crippen LogP contribution < -0.4 is 0 Å². The lowest BCUT2D eigenvalue weighted by atomic mass is 9.62. The molecule has 0 bridgehead atoms. The van der Waals surface area contributed by atoms with Crippen LogP contribution in [0.2, 0.25) is 0 Å². The largest absolute Gasteiger partial charge is 0.361 e. The standard InChI is InChI=1S/C17H28O2/c1-5-14(6-2)16(7-3,8-4)17(18,19)15-12-10-9-11-13-15/h9-14,18-19H,5-8H2,1-4H3. The predicted octanol–water partition coefficient (Wildman–Crippen LogP) is 4.07. The summed E-state index contributed by atoms with van der Waals surface area (Å²) in [5.74, 6) is -1.47. The van der Waals surface area contributed by atoms with Crippen LogP contribution in [0.25, 0.3) is 0 Å². The Morgan fingerprint density at radius 2 is 1.37 bits per heavy atom. The molecule has 2 N–H and O–H groups in total. The Bertz CT molecular complexity index is 362. The van der Waals surface area contributed by atoms with E-state index in [0.717, 1.165) is 25.7 Å². The van der Waals surface area contributed by atoms with Gasteiger partial charge in [-0.15, -0.1) is 0 Å². The SMILES string of the molecule is CCC(CC)C(CC)(CC)C(O)(O)c1ccccc1. The van der Waals surface area contributed by atoms with Crippen molar-refractivity contribution < 1.29 is 10.2 Å². The van der Waals surface area contributed by atoms with Crippen molar-refractivity contribution >= 4 is 0 Å². The van der Waals surface area contributed by atoms with Crippen LogP contribution in [-0.2, 0) is 5.79 Å². The molecule has 0 aliphatic carbocycles. The Kier molecular flexibility index (Phi) is 5.57. The highest BCUT2D eigenvalue weighted by atomic mass is 16.5. The summed E-state index contributed by atoms with van der Waals surface area (Å²) in [6.45, 7) is 8.39. The quantitative estimate of drug-likeness (QED) is 0.729. The summed E-state index contributed by atoms with van der Waals surface area (Å²) < 4.78 is 0. The first-order chi connectivity index (χ1) is 9.00. The van der Waals surface area contributed by atoms with Crippen molar-refractivity contribution in [1.82, 2.24) is 0 Å². The second-order valence-electron chi connectivity index (χ2n) is 5.41. The maximum Gasteiger partial charge on any atom is 0.195 e. The van der Waals surface area contributed by atoms with E-state index >= 15 is 0 Å². The van der Waals surface area contributed by atoms with Gasteiger partial charge in [-0.2, -0.15) is 0 Å². The molecule has 2 nitrogen and oxygen atoms in total. The number of benzene rings is 1. The molecule has 0 fully saturated rings. The van der Waals surface area contributed by atoms with Crippen LogP contribution in [0.15, 0.2) is 30.3 Å². The third-order valence-electron chi connectivity index (χ3n) is 4.90. The topological polar surface area (TPSA) is 40.5 Å². The van der Waals surface area contributed by atoms with E-state index in [9.17, 15) is 10.2 Å². The third-order valence-corrected chi connectivity index (χ3v) is 4.90. The molecule has 108 valence electrons. The number of rotatable bonds is 7. The van der Waals surface area contributed by atoms with Crippen LogP contribution in [0.5, 0.6) is 0 Å². The molecule has 0 amide bonds. The zero-order valence-corrected chi connectivity index (χ0v) is 12.7. The highest BCUT2D eigenvalue weighted by Crippen LogP contribution is 2.51. The molecule has 0 radical (unpaired) electrons. The predicted molar refractivity (Wildman–Crippen MR) is 79.6 cm³/mol. The number of hydrogen-bond donors (Lipinski definition) is 2. The first kappa shape index (κ1) is 16.2. The molecular formula is C17H28O2. The Morgan fingerprint density at radius 1 is 0.895 bits per heavy atom. The summed E-state index contributed by atoms with van der Waals surface area (Å²) >= 11 is 0. The Labute approximate surface area is 117 Å². The second kappa shape index (κ2) is 6.53. The Hall–Kier alpha value is -0.860. The molecule has 0 saturated carbocycles. The summed E-state index contributed by atoms with van der Waals surface area (Å²) in [5.41, 5.74) is 0.114. The smallest absolute Gasteiger partial charge is 0.195 e. The zero-order valence-electron chi connectivity index (χ0n) is 12.7. The summed E-state index contributed by atoms with van der Waals surface area (Å²) in [6.07, 6.45) is 3.46. The molecule has 0 atom stereocenters. The fourth-order valence-electron chi connectivity index (χ4n) is 3.63. The van der Waals surface area contributed by atoms with E-state index < -0.39 is 11.2 Å². The first-order valence-corrected chi connectivity index (χ1v) is 7.50. The van der Waals surface area contributed by atoms with Gasteiger partial charge in [-0.05, 0) is 18.8 Å². The fraction of sp³-hybridized carbons (Fsp3) is 0.647. The van der Waals surface area contributed by atoms with Gasteiger partial charge in [-0.1, -0.05) is 70.9 Å². The molecule has 1 aromatic rings. The average molecular weight is 264 g/mol. The van der Waals surface area contributed by atoms with E-state index in [-0.39, 0.29) is 0 Å². The highest BCUT2D eigenvalue weighted by molar-refractivity contribution is 5.23. The molecule has 0 spiro atoms. The molecule has 2 heteroatoms. The van der Waals surface area contributed by atoms with Crippen molar-refractivity contribution in [2.45, 2.75) is 59.2 Å². The van der Waals surface area contributed by atoms with Gasteiger partial charge in [0.05, 0.1) is 0 Å². The summed E-state index contributed by atoms with van der Waals surface area (Å²) in [5, 5.41) is 21.8. The van der Waals surface area contributed by atoms with Crippen molar-refractivity contribution in [1.29, 1.82) is 0 Å². The van der Waals surface area contributed by atoms with E-state index in [0.29, 0.717) is 11.5 Å². The van der Waals surface area contributed by atoms with Gasteiger partial charge in [0, 0.05) is 11.0 Å². The van der Waals surface area contributed by atoms with Crippen LogP contribution in [0.4, 0.5) is 0 Å². The molecule has 0 unspecified atom stereocenters. The lowest BCUT2D eigenvalue weighted by Gasteiger charge is -2.48. The van der Waals surface area contributed by atoms with Crippen LogP contribution in [0.3, 0.4) is 0 Å². The summed E-state index contributed by atoms with van der Waals surface area (Å²) in [7, 11) is 0. The molecule has 1 aromatic carbocycles. The molecule has 0 aliphatic rings. The molecule has 0 aromatic heterocycles. The van der Waals surface area contributed by atoms with Gasteiger partial charge in [0.15, 0.2) is 5.79 Å². The highest BCUT2D eigenvalue weighted by Gasteiger charge is 2.51. The zero-order chi connectivity index (χ0) is 14.5. The minimum absolute atomic E-state index is 0.303. The van der Waals surface area contributed by atoms with E-state index in [2.05, 4.69) is 27.7 Å². The lowest BCUT2D eigenvalue weighted by molar-refractivity contribution is -0.275. The van der Waals surface area contributed by atoms with Crippen LogP contribution in [0, 0.1) is 11.3 Å². The third kappa shape index (κ3) is 2.70. The molecule has 0 saturated heterocycles. The van der Waals surface area contributed by atoms with E-state index in [1.165, 1.54) is 0 Å². The Morgan fingerprint density at radius 3 is 1.74 bits per heavy atom.